The normalized spacial score (nSPS) is 24.7. The van der Waals surface area contributed by atoms with Crippen molar-refractivity contribution in [3.05, 3.63) is 53.9 Å². The highest BCUT2D eigenvalue weighted by atomic mass is 16.1. The first kappa shape index (κ1) is 18.2. The molecule has 0 radical (unpaired) electrons. The van der Waals surface area contributed by atoms with Crippen LogP contribution >= 0.6 is 0 Å². The average molecular weight is 367 g/mol. The van der Waals surface area contributed by atoms with Gasteiger partial charge in [-0.05, 0) is 37.1 Å². The predicted molar refractivity (Wildman–Crippen MR) is 105 cm³/mol. The van der Waals surface area contributed by atoms with Crippen molar-refractivity contribution in [2.45, 2.75) is 37.9 Å². The van der Waals surface area contributed by atoms with Gasteiger partial charge in [-0.25, -0.2) is 0 Å². The zero-order chi connectivity index (χ0) is 18.7. The lowest BCUT2D eigenvalue weighted by Crippen LogP contribution is -2.60. The number of nitrogens with zero attached hydrogens (tertiary/aromatic N) is 4. The summed E-state index contributed by atoms with van der Waals surface area (Å²) in [5, 5.41) is 7.39. The van der Waals surface area contributed by atoms with Crippen molar-refractivity contribution >= 4 is 5.91 Å². The summed E-state index contributed by atoms with van der Waals surface area (Å²) in [7, 11) is 2.22. The van der Waals surface area contributed by atoms with Gasteiger partial charge < -0.3 is 5.32 Å². The monoisotopic (exact) mass is 367 g/mol. The predicted octanol–water partition coefficient (Wildman–Crippen LogP) is 1.72. The number of rotatable bonds is 4. The molecule has 2 saturated heterocycles. The molecule has 2 aliphatic rings. The number of hydrogen-bond acceptors (Lipinski definition) is 4. The Labute approximate surface area is 161 Å². The summed E-state index contributed by atoms with van der Waals surface area (Å²) in [5.74, 6) is 0.196. The standard InChI is InChI=1S/C21H29N5O/c1-24-13-14-25(17-21(24)8-7-20(27)22-11-9-21)15-18-5-2-3-6-19(18)16-26-12-4-10-23-26/h2-6,10,12H,7-9,11,13-17H2,1H3,(H,22,27). The third kappa shape index (κ3) is 4.06. The highest BCUT2D eigenvalue weighted by Crippen LogP contribution is 2.31. The number of amides is 1. The highest BCUT2D eigenvalue weighted by molar-refractivity contribution is 5.76. The molecule has 1 amide bonds. The van der Waals surface area contributed by atoms with Crippen molar-refractivity contribution in [3.8, 4) is 0 Å². The highest BCUT2D eigenvalue weighted by Gasteiger charge is 2.40. The van der Waals surface area contributed by atoms with Gasteiger partial charge in [0.25, 0.3) is 0 Å². The van der Waals surface area contributed by atoms with E-state index in [0.29, 0.717) is 6.42 Å². The fraction of sp³-hybridized carbons (Fsp3) is 0.524. The van der Waals surface area contributed by atoms with E-state index in [0.717, 1.165) is 52.1 Å². The van der Waals surface area contributed by atoms with Crippen molar-refractivity contribution in [1.29, 1.82) is 0 Å². The molecule has 1 aromatic carbocycles. The topological polar surface area (TPSA) is 53.4 Å². The summed E-state index contributed by atoms with van der Waals surface area (Å²) in [6, 6.07) is 10.6. The van der Waals surface area contributed by atoms with Crippen LogP contribution in [-0.4, -0.2) is 64.3 Å². The zero-order valence-electron chi connectivity index (χ0n) is 16.1. The van der Waals surface area contributed by atoms with Gasteiger partial charge in [-0.2, -0.15) is 5.10 Å². The molecule has 1 unspecified atom stereocenters. The van der Waals surface area contributed by atoms with Gasteiger partial charge in [-0.1, -0.05) is 24.3 Å². The summed E-state index contributed by atoms with van der Waals surface area (Å²) < 4.78 is 1.98. The second-order valence-corrected chi connectivity index (χ2v) is 7.93. The SMILES string of the molecule is CN1CCN(Cc2ccccc2Cn2cccn2)CC12CCNC(=O)CC2. The summed E-state index contributed by atoms with van der Waals surface area (Å²) >= 11 is 0. The van der Waals surface area contributed by atoms with Gasteiger partial charge in [-0.15, -0.1) is 0 Å². The van der Waals surface area contributed by atoms with E-state index < -0.39 is 0 Å². The number of aromatic nitrogens is 2. The van der Waals surface area contributed by atoms with Crippen LogP contribution in [0.1, 0.15) is 30.4 Å². The largest absolute Gasteiger partial charge is 0.356 e. The van der Waals surface area contributed by atoms with Crippen molar-refractivity contribution < 1.29 is 4.79 Å². The van der Waals surface area contributed by atoms with E-state index in [-0.39, 0.29) is 11.4 Å². The van der Waals surface area contributed by atoms with Crippen molar-refractivity contribution in [2.75, 3.05) is 33.2 Å². The molecule has 0 saturated carbocycles. The summed E-state index contributed by atoms with van der Waals surface area (Å²) in [4.78, 5) is 16.9. The van der Waals surface area contributed by atoms with Crippen LogP contribution in [0.2, 0.25) is 0 Å². The first-order valence-corrected chi connectivity index (χ1v) is 9.89. The molecule has 1 aromatic heterocycles. The Morgan fingerprint density at radius 1 is 1.11 bits per heavy atom. The quantitative estimate of drug-likeness (QED) is 0.894. The van der Waals surface area contributed by atoms with E-state index >= 15 is 0 Å². The molecule has 2 aromatic rings. The number of benzene rings is 1. The molecular formula is C21H29N5O. The molecule has 2 aliphatic heterocycles. The average Bonchev–Trinajstić information content (AvgIpc) is 3.10. The molecule has 4 rings (SSSR count). The number of nitrogens with one attached hydrogen (secondary N) is 1. The van der Waals surface area contributed by atoms with E-state index in [2.05, 4.69) is 51.5 Å². The van der Waals surface area contributed by atoms with Gasteiger partial charge in [-0.3, -0.25) is 19.3 Å². The van der Waals surface area contributed by atoms with Crippen molar-refractivity contribution in [3.63, 3.8) is 0 Å². The first-order valence-electron chi connectivity index (χ1n) is 9.89. The van der Waals surface area contributed by atoms with E-state index in [1.807, 2.05) is 23.1 Å². The minimum Gasteiger partial charge on any atom is -0.356 e. The molecule has 6 heteroatoms. The second kappa shape index (κ2) is 7.82. The first-order chi connectivity index (χ1) is 13.1. The molecule has 2 fully saturated rings. The van der Waals surface area contributed by atoms with E-state index in [1.54, 1.807) is 0 Å². The van der Waals surface area contributed by atoms with Crippen LogP contribution in [-0.2, 0) is 17.9 Å². The zero-order valence-corrected chi connectivity index (χ0v) is 16.1. The molecule has 0 aliphatic carbocycles. The Balaban J connectivity index is 1.49. The van der Waals surface area contributed by atoms with Crippen LogP contribution in [0.3, 0.4) is 0 Å². The van der Waals surface area contributed by atoms with Crippen LogP contribution < -0.4 is 5.32 Å². The maximum atomic E-state index is 11.8. The Hall–Kier alpha value is -2.18. The minimum atomic E-state index is 0.105. The molecule has 27 heavy (non-hydrogen) atoms. The van der Waals surface area contributed by atoms with Crippen molar-refractivity contribution in [1.82, 2.24) is 24.9 Å². The molecular weight excluding hydrogens is 338 g/mol. The molecule has 6 nitrogen and oxygen atoms in total. The van der Waals surface area contributed by atoms with Gasteiger partial charge in [0.2, 0.25) is 5.91 Å². The Morgan fingerprint density at radius 2 is 1.93 bits per heavy atom. The third-order valence-corrected chi connectivity index (χ3v) is 6.21. The lowest BCUT2D eigenvalue weighted by atomic mass is 9.86. The lowest BCUT2D eigenvalue weighted by Gasteiger charge is -2.49. The van der Waals surface area contributed by atoms with Crippen LogP contribution in [0.4, 0.5) is 0 Å². The smallest absolute Gasteiger partial charge is 0.220 e. The van der Waals surface area contributed by atoms with Crippen molar-refractivity contribution in [2.24, 2.45) is 0 Å². The third-order valence-electron chi connectivity index (χ3n) is 6.21. The van der Waals surface area contributed by atoms with Crippen LogP contribution in [0, 0.1) is 0 Å². The number of carbonyl (C=O) groups excluding carboxylic acids is 1. The molecule has 1 atom stereocenters. The number of likely N-dealkylation sites (N-methyl/N-ethyl adjacent to an activating group) is 1. The van der Waals surface area contributed by atoms with Crippen LogP contribution in [0.15, 0.2) is 42.7 Å². The minimum absolute atomic E-state index is 0.105. The van der Waals surface area contributed by atoms with Crippen LogP contribution in [0.5, 0.6) is 0 Å². The summed E-state index contributed by atoms with van der Waals surface area (Å²) in [6.45, 7) is 5.68. The van der Waals surface area contributed by atoms with E-state index in [4.69, 9.17) is 0 Å². The van der Waals surface area contributed by atoms with Gasteiger partial charge in [0.15, 0.2) is 0 Å². The maximum absolute atomic E-state index is 11.8. The number of carbonyl (C=O) groups is 1. The summed E-state index contributed by atoms with van der Waals surface area (Å²) in [6.07, 6.45) is 6.45. The second-order valence-electron chi connectivity index (χ2n) is 7.93. The number of piperazine rings is 1. The Bertz CT molecular complexity index is 775. The molecule has 3 heterocycles. The van der Waals surface area contributed by atoms with E-state index in [1.165, 1.54) is 11.1 Å². The molecule has 1 N–H and O–H groups in total. The van der Waals surface area contributed by atoms with Gasteiger partial charge in [0, 0.05) is 57.1 Å². The Morgan fingerprint density at radius 3 is 2.70 bits per heavy atom. The van der Waals surface area contributed by atoms with Gasteiger partial charge >= 0.3 is 0 Å². The molecule has 0 bridgehead atoms. The van der Waals surface area contributed by atoms with Gasteiger partial charge in [0.1, 0.15) is 0 Å². The maximum Gasteiger partial charge on any atom is 0.220 e. The fourth-order valence-corrected chi connectivity index (χ4v) is 4.49. The summed E-state index contributed by atoms with van der Waals surface area (Å²) in [5.41, 5.74) is 2.80. The molecule has 144 valence electrons. The lowest BCUT2D eigenvalue weighted by molar-refractivity contribution is -0.121. The van der Waals surface area contributed by atoms with Gasteiger partial charge in [0.05, 0.1) is 6.54 Å². The van der Waals surface area contributed by atoms with E-state index in [9.17, 15) is 4.79 Å². The van der Waals surface area contributed by atoms with Crippen LogP contribution in [0.25, 0.3) is 0 Å². The Kier molecular flexibility index (Phi) is 5.27. The fourth-order valence-electron chi connectivity index (χ4n) is 4.49. The molecule has 1 spiro atoms. The number of hydrogen-bond donors (Lipinski definition) is 1.